The number of hydrogen-bond acceptors (Lipinski definition) is 3. The maximum atomic E-state index is 6.21. The van der Waals surface area contributed by atoms with Crippen molar-refractivity contribution in [1.29, 1.82) is 0 Å². The van der Waals surface area contributed by atoms with Crippen LogP contribution in [0.4, 0.5) is 5.95 Å². The standard InChI is InChI=1S/C13H15Cl2N3O/c1-2-19-6-5-18-12(8-17-13(18)16)10-4-3-9(14)7-11(10)15/h3-4,7-8H,2,5-6H2,1H3,(H2,16,17). The van der Waals surface area contributed by atoms with Crippen LogP contribution < -0.4 is 5.73 Å². The van der Waals surface area contributed by atoms with Gasteiger partial charge in [-0.15, -0.1) is 0 Å². The van der Waals surface area contributed by atoms with Gasteiger partial charge in [0.15, 0.2) is 0 Å². The molecule has 19 heavy (non-hydrogen) atoms. The number of anilines is 1. The normalized spacial score (nSPS) is 10.9. The molecule has 0 amide bonds. The van der Waals surface area contributed by atoms with Crippen molar-refractivity contribution in [1.82, 2.24) is 9.55 Å². The van der Waals surface area contributed by atoms with Gasteiger partial charge in [0.05, 0.1) is 23.5 Å². The van der Waals surface area contributed by atoms with Crippen LogP contribution in [0, 0.1) is 0 Å². The van der Waals surface area contributed by atoms with Crippen LogP contribution in [0.5, 0.6) is 0 Å². The van der Waals surface area contributed by atoms with Crippen LogP contribution in [-0.2, 0) is 11.3 Å². The Bertz CT molecular complexity index is 569. The van der Waals surface area contributed by atoms with Crippen LogP contribution in [-0.4, -0.2) is 22.8 Å². The predicted octanol–water partition coefficient (Wildman–Crippen LogP) is 3.48. The third kappa shape index (κ3) is 3.21. The number of aromatic nitrogens is 2. The predicted molar refractivity (Wildman–Crippen MR) is 78.6 cm³/mol. The van der Waals surface area contributed by atoms with Gasteiger partial charge >= 0.3 is 0 Å². The molecule has 1 heterocycles. The highest BCUT2D eigenvalue weighted by atomic mass is 35.5. The van der Waals surface area contributed by atoms with Gasteiger partial charge in [-0.3, -0.25) is 0 Å². The Labute approximate surface area is 122 Å². The fourth-order valence-electron chi connectivity index (χ4n) is 1.84. The van der Waals surface area contributed by atoms with Crippen molar-refractivity contribution in [2.75, 3.05) is 18.9 Å². The van der Waals surface area contributed by atoms with Crippen LogP contribution in [0.1, 0.15) is 6.92 Å². The lowest BCUT2D eigenvalue weighted by Gasteiger charge is -2.11. The van der Waals surface area contributed by atoms with Crippen LogP contribution >= 0.6 is 23.2 Å². The van der Waals surface area contributed by atoms with Crippen molar-refractivity contribution in [3.8, 4) is 11.3 Å². The summed E-state index contributed by atoms with van der Waals surface area (Å²) in [6.07, 6.45) is 1.70. The van der Waals surface area contributed by atoms with Crippen molar-refractivity contribution in [3.05, 3.63) is 34.4 Å². The van der Waals surface area contributed by atoms with Crippen molar-refractivity contribution in [3.63, 3.8) is 0 Å². The van der Waals surface area contributed by atoms with E-state index in [4.69, 9.17) is 33.7 Å². The second kappa shape index (κ2) is 6.28. The molecule has 2 aromatic rings. The maximum Gasteiger partial charge on any atom is 0.200 e. The summed E-state index contributed by atoms with van der Waals surface area (Å²) in [4.78, 5) is 4.13. The first-order valence-corrected chi connectivity index (χ1v) is 6.73. The lowest BCUT2D eigenvalue weighted by Crippen LogP contribution is -2.10. The Hall–Kier alpha value is -1.23. The summed E-state index contributed by atoms with van der Waals surface area (Å²) < 4.78 is 7.22. The van der Waals surface area contributed by atoms with Crippen molar-refractivity contribution in [2.45, 2.75) is 13.5 Å². The molecule has 4 nitrogen and oxygen atoms in total. The molecule has 0 atom stereocenters. The lowest BCUT2D eigenvalue weighted by atomic mass is 10.1. The van der Waals surface area contributed by atoms with Gasteiger partial charge in [0.1, 0.15) is 0 Å². The van der Waals surface area contributed by atoms with E-state index in [-0.39, 0.29) is 0 Å². The Morgan fingerprint density at radius 1 is 1.37 bits per heavy atom. The summed E-state index contributed by atoms with van der Waals surface area (Å²) in [5.74, 6) is 0.445. The molecule has 1 aromatic carbocycles. The quantitative estimate of drug-likeness (QED) is 0.860. The summed E-state index contributed by atoms with van der Waals surface area (Å²) in [6.45, 7) is 3.84. The molecule has 6 heteroatoms. The first-order chi connectivity index (χ1) is 9.13. The molecule has 0 saturated carbocycles. The van der Waals surface area contributed by atoms with E-state index < -0.39 is 0 Å². The van der Waals surface area contributed by atoms with Crippen molar-refractivity contribution < 1.29 is 4.74 Å². The number of ether oxygens (including phenoxy) is 1. The zero-order valence-electron chi connectivity index (χ0n) is 10.6. The SMILES string of the molecule is CCOCCn1c(-c2ccc(Cl)cc2Cl)cnc1N. The fraction of sp³-hybridized carbons (Fsp3) is 0.308. The van der Waals surface area contributed by atoms with E-state index in [1.165, 1.54) is 0 Å². The molecule has 0 aliphatic carbocycles. The van der Waals surface area contributed by atoms with Gasteiger partial charge in [-0.1, -0.05) is 23.2 Å². The molecule has 2 N–H and O–H groups in total. The maximum absolute atomic E-state index is 6.21. The van der Waals surface area contributed by atoms with Gasteiger partial charge in [-0.05, 0) is 25.1 Å². The molecule has 0 spiro atoms. The third-order valence-electron chi connectivity index (χ3n) is 2.76. The van der Waals surface area contributed by atoms with E-state index in [1.807, 2.05) is 17.6 Å². The molecule has 1 aromatic heterocycles. The van der Waals surface area contributed by atoms with Crippen LogP contribution in [0.3, 0.4) is 0 Å². The zero-order valence-corrected chi connectivity index (χ0v) is 12.1. The van der Waals surface area contributed by atoms with Gasteiger partial charge in [-0.25, -0.2) is 4.98 Å². The number of nitrogens with zero attached hydrogens (tertiary/aromatic N) is 2. The topological polar surface area (TPSA) is 53.1 Å². The highest BCUT2D eigenvalue weighted by Crippen LogP contribution is 2.31. The largest absolute Gasteiger partial charge is 0.380 e. The lowest BCUT2D eigenvalue weighted by molar-refractivity contribution is 0.139. The summed E-state index contributed by atoms with van der Waals surface area (Å²) in [5.41, 5.74) is 7.58. The van der Waals surface area contributed by atoms with Gasteiger partial charge in [0.2, 0.25) is 5.95 Å². The van der Waals surface area contributed by atoms with Crippen molar-refractivity contribution >= 4 is 29.2 Å². The molecule has 0 bridgehead atoms. The first-order valence-electron chi connectivity index (χ1n) is 5.97. The third-order valence-corrected chi connectivity index (χ3v) is 3.30. The molecule has 0 aliphatic rings. The number of rotatable bonds is 5. The Morgan fingerprint density at radius 2 is 2.16 bits per heavy atom. The fourth-order valence-corrected chi connectivity index (χ4v) is 2.34. The minimum Gasteiger partial charge on any atom is -0.380 e. The van der Waals surface area contributed by atoms with Crippen molar-refractivity contribution in [2.24, 2.45) is 0 Å². The molecule has 0 radical (unpaired) electrons. The summed E-state index contributed by atoms with van der Waals surface area (Å²) >= 11 is 12.1. The van der Waals surface area contributed by atoms with E-state index >= 15 is 0 Å². The average Bonchev–Trinajstić information content (AvgIpc) is 2.72. The summed E-state index contributed by atoms with van der Waals surface area (Å²) in [7, 11) is 0. The second-order valence-electron chi connectivity index (χ2n) is 3.97. The number of hydrogen-bond donors (Lipinski definition) is 1. The molecule has 0 fully saturated rings. The number of nitrogen functional groups attached to an aromatic ring is 1. The Balaban J connectivity index is 2.34. The smallest absolute Gasteiger partial charge is 0.200 e. The molecular formula is C13H15Cl2N3O. The molecule has 102 valence electrons. The van der Waals surface area contributed by atoms with E-state index in [2.05, 4.69) is 4.98 Å². The van der Waals surface area contributed by atoms with E-state index in [0.29, 0.717) is 35.8 Å². The van der Waals surface area contributed by atoms with Gasteiger partial charge in [-0.2, -0.15) is 0 Å². The summed E-state index contributed by atoms with van der Waals surface area (Å²) in [6, 6.07) is 5.35. The Morgan fingerprint density at radius 3 is 2.84 bits per heavy atom. The number of halogens is 2. The molecule has 2 rings (SSSR count). The van der Waals surface area contributed by atoms with Crippen LogP contribution in [0.25, 0.3) is 11.3 Å². The van der Waals surface area contributed by atoms with E-state index in [1.54, 1.807) is 18.3 Å². The first kappa shape index (κ1) is 14.2. The summed E-state index contributed by atoms with van der Waals surface area (Å²) in [5, 5.41) is 1.17. The van der Waals surface area contributed by atoms with Gasteiger partial charge < -0.3 is 15.0 Å². The number of benzene rings is 1. The number of nitrogens with two attached hydrogens (primary N) is 1. The van der Waals surface area contributed by atoms with Crippen LogP contribution in [0.15, 0.2) is 24.4 Å². The minimum atomic E-state index is 0.445. The van der Waals surface area contributed by atoms with Gasteiger partial charge in [0.25, 0.3) is 0 Å². The van der Waals surface area contributed by atoms with Crippen LogP contribution in [0.2, 0.25) is 10.0 Å². The van der Waals surface area contributed by atoms with E-state index in [0.717, 1.165) is 11.3 Å². The minimum absolute atomic E-state index is 0.445. The zero-order chi connectivity index (χ0) is 13.8. The van der Waals surface area contributed by atoms with E-state index in [9.17, 15) is 0 Å². The molecule has 0 unspecified atom stereocenters. The Kier molecular flexibility index (Phi) is 4.69. The average molecular weight is 300 g/mol. The molecule has 0 aliphatic heterocycles. The highest BCUT2D eigenvalue weighted by molar-refractivity contribution is 6.36. The highest BCUT2D eigenvalue weighted by Gasteiger charge is 2.12. The second-order valence-corrected chi connectivity index (χ2v) is 4.82. The monoisotopic (exact) mass is 299 g/mol. The van der Waals surface area contributed by atoms with Gasteiger partial charge in [0, 0.05) is 23.7 Å². The molecule has 0 saturated heterocycles. The number of imidazole rings is 1. The molecular weight excluding hydrogens is 285 g/mol.